The zero-order valence-corrected chi connectivity index (χ0v) is 9.77. The number of nitrogens with one attached hydrogen (secondary N) is 1. The molecule has 2 aromatic heterocycles. The normalized spacial score (nSPS) is 10.8. The molecule has 0 spiro atoms. The predicted octanol–water partition coefficient (Wildman–Crippen LogP) is 3.80. The highest BCUT2D eigenvalue weighted by atomic mass is 19.1. The first kappa shape index (κ1) is 10.8. The average molecular weight is 242 g/mol. The highest BCUT2D eigenvalue weighted by Gasteiger charge is 2.09. The number of fused-ring (bicyclic) bond motifs is 1. The van der Waals surface area contributed by atoms with Crippen molar-refractivity contribution >= 4 is 11.0 Å². The number of aryl methyl sites for hydroxylation is 1. The number of aromatic amines is 1. The fraction of sp³-hybridized carbons (Fsp3) is 0.0714. The van der Waals surface area contributed by atoms with Gasteiger partial charge in [0.15, 0.2) is 11.6 Å². The van der Waals surface area contributed by atoms with Crippen molar-refractivity contribution in [3.63, 3.8) is 0 Å². The molecule has 18 heavy (non-hydrogen) atoms. The molecule has 0 saturated heterocycles. The fourth-order valence-electron chi connectivity index (χ4n) is 1.87. The third-order valence-corrected chi connectivity index (χ3v) is 2.68. The molecule has 3 rings (SSSR count). The second-order valence-electron chi connectivity index (χ2n) is 4.06. The van der Waals surface area contributed by atoms with Crippen molar-refractivity contribution in [3.8, 4) is 11.5 Å². The van der Waals surface area contributed by atoms with Gasteiger partial charge < -0.3 is 9.72 Å². The summed E-state index contributed by atoms with van der Waals surface area (Å²) >= 11 is 0. The van der Waals surface area contributed by atoms with Crippen LogP contribution in [0.4, 0.5) is 4.39 Å². The van der Waals surface area contributed by atoms with Crippen LogP contribution in [0.5, 0.6) is 11.5 Å². The lowest BCUT2D eigenvalue weighted by Gasteiger charge is -2.06. The number of rotatable bonds is 2. The summed E-state index contributed by atoms with van der Waals surface area (Å²) in [5, 5.41) is 0.846. The molecular formula is C14H11FN2O. The van der Waals surface area contributed by atoms with E-state index in [9.17, 15) is 4.39 Å². The van der Waals surface area contributed by atoms with Crippen LogP contribution in [0, 0.1) is 12.7 Å². The molecular weight excluding hydrogens is 231 g/mol. The van der Waals surface area contributed by atoms with E-state index in [1.807, 2.05) is 13.0 Å². The van der Waals surface area contributed by atoms with E-state index >= 15 is 0 Å². The number of benzene rings is 1. The topological polar surface area (TPSA) is 37.9 Å². The summed E-state index contributed by atoms with van der Waals surface area (Å²) in [4.78, 5) is 7.31. The van der Waals surface area contributed by atoms with Gasteiger partial charge in [0.25, 0.3) is 0 Å². The van der Waals surface area contributed by atoms with Crippen LogP contribution in [-0.2, 0) is 0 Å². The van der Waals surface area contributed by atoms with Gasteiger partial charge in [0.2, 0.25) is 0 Å². The molecule has 0 aliphatic rings. The minimum Gasteiger partial charge on any atom is -0.453 e. The van der Waals surface area contributed by atoms with Gasteiger partial charge in [-0.3, -0.25) is 0 Å². The third kappa shape index (κ3) is 1.82. The summed E-state index contributed by atoms with van der Waals surface area (Å²) in [7, 11) is 0. The molecule has 0 aliphatic heterocycles. The molecule has 0 aliphatic carbocycles. The summed E-state index contributed by atoms with van der Waals surface area (Å²) in [5.41, 5.74) is 1.73. The second-order valence-corrected chi connectivity index (χ2v) is 4.06. The smallest absolute Gasteiger partial charge is 0.165 e. The largest absolute Gasteiger partial charge is 0.453 e. The van der Waals surface area contributed by atoms with Crippen LogP contribution in [0.1, 0.15) is 5.69 Å². The molecule has 0 atom stereocenters. The Morgan fingerprint density at radius 3 is 2.83 bits per heavy atom. The summed E-state index contributed by atoms with van der Waals surface area (Å²) < 4.78 is 19.1. The molecule has 0 saturated carbocycles. The Balaban J connectivity index is 2.07. The SMILES string of the molecule is Cc1cc2c(Oc3ccccc3F)ccnc2[nH]1. The molecule has 0 fully saturated rings. The van der Waals surface area contributed by atoms with Gasteiger partial charge in [-0.05, 0) is 31.2 Å². The first-order valence-electron chi connectivity index (χ1n) is 5.61. The van der Waals surface area contributed by atoms with Gasteiger partial charge >= 0.3 is 0 Å². The fourth-order valence-corrected chi connectivity index (χ4v) is 1.87. The lowest BCUT2D eigenvalue weighted by atomic mass is 10.3. The van der Waals surface area contributed by atoms with E-state index in [1.54, 1.807) is 30.5 Å². The highest BCUT2D eigenvalue weighted by Crippen LogP contribution is 2.30. The lowest BCUT2D eigenvalue weighted by molar-refractivity contribution is 0.446. The zero-order chi connectivity index (χ0) is 12.5. The van der Waals surface area contributed by atoms with Crippen molar-refractivity contribution in [2.75, 3.05) is 0 Å². The molecule has 1 N–H and O–H groups in total. The van der Waals surface area contributed by atoms with Crippen LogP contribution in [-0.4, -0.2) is 9.97 Å². The zero-order valence-electron chi connectivity index (χ0n) is 9.77. The van der Waals surface area contributed by atoms with Crippen molar-refractivity contribution in [3.05, 3.63) is 54.1 Å². The van der Waals surface area contributed by atoms with E-state index in [4.69, 9.17) is 4.74 Å². The highest BCUT2D eigenvalue weighted by molar-refractivity contribution is 5.83. The number of nitrogens with zero attached hydrogens (tertiary/aromatic N) is 1. The monoisotopic (exact) mass is 242 g/mol. The maximum Gasteiger partial charge on any atom is 0.165 e. The summed E-state index contributed by atoms with van der Waals surface area (Å²) in [6.07, 6.45) is 1.63. The molecule has 0 bridgehead atoms. The average Bonchev–Trinajstić information content (AvgIpc) is 2.73. The van der Waals surface area contributed by atoms with Crippen molar-refractivity contribution in [1.29, 1.82) is 0 Å². The van der Waals surface area contributed by atoms with E-state index < -0.39 is 0 Å². The Morgan fingerprint density at radius 2 is 2.00 bits per heavy atom. The summed E-state index contributed by atoms with van der Waals surface area (Å²) in [6.45, 7) is 1.94. The lowest BCUT2D eigenvalue weighted by Crippen LogP contribution is -1.89. The number of ether oxygens (including phenoxy) is 1. The summed E-state index contributed by atoms with van der Waals surface area (Å²) in [5.74, 6) is 0.424. The Kier molecular flexibility index (Phi) is 2.48. The van der Waals surface area contributed by atoms with Crippen molar-refractivity contribution < 1.29 is 9.13 Å². The third-order valence-electron chi connectivity index (χ3n) is 2.68. The van der Waals surface area contributed by atoms with Gasteiger partial charge in [-0.25, -0.2) is 9.37 Å². The van der Waals surface area contributed by atoms with Gasteiger partial charge in [-0.1, -0.05) is 12.1 Å². The molecule has 0 amide bonds. The number of H-pyrrole nitrogens is 1. The second kappa shape index (κ2) is 4.14. The molecule has 3 aromatic rings. The van der Waals surface area contributed by atoms with Crippen molar-refractivity contribution in [1.82, 2.24) is 9.97 Å². The van der Waals surface area contributed by atoms with Gasteiger partial charge in [0.1, 0.15) is 11.4 Å². The minimum absolute atomic E-state index is 0.212. The van der Waals surface area contributed by atoms with Crippen LogP contribution >= 0.6 is 0 Å². The van der Waals surface area contributed by atoms with Crippen LogP contribution < -0.4 is 4.74 Å². The van der Waals surface area contributed by atoms with Gasteiger partial charge in [-0.15, -0.1) is 0 Å². The van der Waals surface area contributed by atoms with E-state index in [1.165, 1.54) is 6.07 Å². The molecule has 3 nitrogen and oxygen atoms in total. The van der Waals surface area contributed by atoms with Crippen LogP contribution in [0.15, 0.2) is 42.6 Å². The number of aromatic nitrogens is 2. The quantitative estimate of drug-likeness (QED) is 0.742. The van der Waals surface area contributed by atoms with E-state index in [0.29, 0.717) is 5.75 Å². The van der Waals surface area contributed by atoms with E-state index in [0.717, 1.165) is 16.7 Å². The van der Waals surface area contributed by atoms with Crippen LogP contribution in [0.2, 0.25) is 0 Å². The Hall–Kier alpha value is -2.36. The van der Waals surface area contributed by atoms with Gasteiger partial charge in [0.05, 0.1) is 5.39 Å². The number of halogens is 1. The first-order valence-corrected chi connectivity index (χ1v) is 5.61. The summed E-state index contributed by atoms with van der Waals surface area (Å²) in [6, 6.07) is 9.99. The Morgan fingerprint density at radius 1 is 1.17 bits per heavy atom. The number of para-hydroxylation sites is 1. The van der Waals surface area contributed by atoms with Gasteiger partial charge in [0, 0.05) is 11.9 Å². The molecule has 2 heterocycles. The van der Waals surface area contributed by atoms with Crippen LogP contribution in [0.25, 0.3) is 11.0 Å². The van der Waals surface area contributed by atoms with Gasteiger partial charge in [-0.2, -0.15) is 0 Å². The Labute approximate surface area is 103 Å². The molecule has 0 unspecified atom stereocenters. The van der Waals surface area contributed by atoms with Crippen molar-refractivity contribution in [2.24, 2.45) is 0 Å². The van der Waals surface area contributed by atoms with Crippen molar-refractivity contribution in [2.45, 2.75) is 6.92 Å². The maximum absolute atomic E-state index is 13.5. The molecule has 4 heteroatoms. The number of hydrogen-bond donors (Lipinski definition) is 1. The molecule has 0 radical (unpaired) electrons. The van der Waals surface area contributed by atoms with E-state index in [-0.39, 0.29) is 11.6 Å². The first-order chi connectivity index (χ1) is 8.74. The number of pyridine rings is 1. The molecule has 1 aromatic carbocycles. The minimum atomic E-state index is -0.380. The maximum atomic E-state index is 13.5. The van der Waals surface area contributed by atoms with Crippen LogP contribution in [0.3, 0.4) is 0 Å². The predicted molar refractivity (Wildman–Crippen MR) is 67.3 cm³/mol. The van der Waals surface area contributed by atoms with E-state index in [2.05, 4.69) is 9.97 Å². The number of hydrogen-bond acceptors (Lipinski definition) is 2. The Bertz CT molecular complexity index is 706. The molecule has 90 valence electrons. The standard InChI is InChI=1S/C14H11FN2O/c1-9-8-10-12(6-7-16-14(10)17-9)18-13-5-3-2-4-11(13)15/h2-8H,1H3,(H,16,17).